The van der Waals surface area contributed by atoms with Crippen molar-refractivity contribution in [1.82, 2.24) is 5.32 Å². The first kappa shape index (κ1) is 18.0. The fraction of sp³-hybridized carbons (Fsp3) is 0.222. The van der Waals surface area contributed by atoms with E-state index >= 15 is 0 Å². The van der Waals surface area contributed by atoms with Gasteiger partial charge in [-0.25, -0.2) is 0 Å². The number of carbonyl (C=O) groups is 2. The van der Waals surface area contributed by atoms with Gasteiger partial charge in [-0.2, -0.15) is 0 Å². The van der Waals surface area contributed by atoms with E-state index in [1.54, 1.807) is 36.4 Å². The highest BCUT2D eigenvalue weighted by molar-refractivity contribution is 9.10. The number of anilines is 1. The highest BCUT2D eigenvalue weighted by Gasteiger charge is 2.07. The van der Waals surface area contributed by atoms with Gasteiger partial charge in [0.1, 0.15) is 5.75 Å². The second-order valence-corrected chi connectivity index (χ2v) is 5.94. The van der Waals surface area contributed by atoms with Gasteiger partial charge in [-0.1, -0.05) is 22.0 Å². The Morgan fingerprint density at radius 3 is 2.58 bits per heavy atom. The average molecular weight is 391 g/mol. The number of amides is 2. The molecule has 2 aromatic rings. The fourth-order valence-electron chi connectivity index (χ4n) is 2.05. The van der Waals surface area contributed by atoms with Crippen LogP contribution in [-0.4, -0.2) is 25.0 Å². The van der Waals surface area contributed by atoms with E-state index in [9.17, 15) is 9.59 Å². The Labute approximate surface area is 149 Å². The minimum absolute atomic E-state index is 0.167. The Kier molecular flexibility index (Phi) is 6.81. The van der Waals surface area contributed by atoms with Gasteiger partial charge in [0.15, 0.2) is 0 Å². The van der Waals surface area contributed by atoms with E-state index < -0.39 is 0 Å². The summed E-state index contributed by atoms with van der Waals surface area (Å²) in [6.07, 6.45) is 0.196. The van der Waals surface area contributed by atoms with Crippen molar-refractivity contribution in [3.05, 3.63) is 58.6 Å². The SMILES string of the molecule is CCOc1cccc(NC(=O)CCNC(=O)c2ccc(Br)cc2)c1. The summed E-state index contributed by atoms with van der Waals surface area (Å²) in [6.45, 7) is 2.74. The maximum atomic E-state index is 11.9. The quantitative estimate of drug-likeness (QED) is 0.758. The van der Waals surface area contributed by atoms with Gasteiger partial charge >= 0.3 is 0 Å². The summed E-state index contributed by atoms with van der Waals surface area (Å²) < 4.78 is 6.30. The molecule has 2 amide bonds. The topological polar surface area (TPSA) is 67.4 Å². The van der Waals surface area contributed by atoms with Gasteiger partial charge in [0.2, 0.25) is 5.91 Å². The van der Waals surface area contributed by atoms with Crippen LogP contribution in [0, 0.1) is 0 Å². The zero-order valence-electron chi connectivity index (χ0n) is 13.3. The third-order valence-electron chi connectivity index (χ3n) is 3.17. The Bertz CT molecular complexity index is 702. The maximum absolute atomic E-state index is 11.9. The number of nitrogens with one attached hydrogen (secondary N) is 2. The van der Waals surface area contributed by atoms with E-state index in [0.717, 1.165) is 4.47 Å². The Morgan fingerprint density at radius 2 is 1.88 bits per heavy atom. The lowest BCUT2D eigenvalue weighted by Gasteiger charge is -2.09. The van der Waals surface area contributed by atoms with Crippen LogP contribution in [0.3, 0.4) is 0 Å². The molecule has 0 aliphatic carbocycles. The molecule has 24 heavy (non-hydrogen) atoms. The summed E-state index contributed by atoms with van der Waals surface area (Å²) in [4.78, 5) is 23.9. The van der Waals surface area contributed by atoms with Crippen LogP contribution in [0.4, 0.5) is 5.69 Å². The zero-order chi connectivity index (χ0) is 17.4. The van der Waals surface area contributed by atoms with Gasteiger partial charge in [0, 0.05) is 34.8 Å². The van der Waals surface area contributed by atoms with Crippen LogP contribution in [0.15, 0.2) is 53.0 Å². The first-order valence-electron chi connectivity index (χ1n) is 7.65. The fourth-order valence-corrected chi connectivity index (χ4v) is 2.31. The van der Waals surface area contributed by atoms with Crippen molar-refractivity contribution >= 4 is 33.4 Å². The Hall–Kier alpha value is -2.34. The second-order valence-electron chi connectivity index (χ2n) is 5.02. The highest BCUT2D eigenvalue weighted by atomic mass is 79.9. The van der Waals surface area contributed by atoms with Crippen molar-refractivity contribution in [3.63, 3.8) is 0 Å². The van der Waals surface area contributed by atoms with Gasteiger partial charge in [0.25, 0.3) is 5.91 Å². The lowest BCUT2D eigenvalue weighted by atomic mass is 10.2. The normalized spacial score (nSPS) is 10.1. The van der Waals surface area contributed by atoms with E-state index in [0.29, 0.717) is 23.6 Å². The second kappa shape index (κ2) is 9.08. The summed E-state index contributed by atoms with van der Waals surface area (Å²) in [5.74, 6) is 0.340. The van der Waals surface area contributed by atoms with Crippen molar-refractivity contribution in [3.8, 4) is 5.75 Å². The largest absolute Gasteiger partial charge is 0.494 e. The molecule has 126 valence electrons. The van der Waals surface area contributed by atoms with Crippen LogP contribution in [0.1, 0.15) is 23.7 Å². The maximum Gasteiger partial charge on any atom is 0.251 e. The number of carbonyl (C=O) groups excluding carboxylic acids is 2. The number of hydrogen-bond donors (Lipinski definition) is 2. The predicted octanol–water partition coefficient (Wildman–Crippen LogP) is 3.61. The molecule has 5 nitrogen and oxygen atoms in total. The first-order valence-corrected chi connectivity index (χ1v) is 8.44. The molecule has 2 rings (SSSR count). The molecular weight excluding hydrogens is 372 g/mol. The van der Waals surface area contributed by atoms with Crippen molar-refractivity contribution in [2.24, 2.45) is 0 Å². The van der Waals surface area contributed by atoms with Gasteiger partial charge in [-0.15, -0.1) is 0 Å². The molecule has 2 N–H and O–H groups in total. The lowest BCUT2D eigenvalue weighted by Crippen LogP contribution is -2.27. The van der Waals surface area contributed by atoms with Gasteiger partial charge in [-0.3, -0.25) is 9.59 Å². The van der Waals surface area contributed by atoms with Crippen LogP contribution >= 0.6 is 15.9 Å². The third kappa shape index (κ3) is 5.70. The summed E-state index contributed by atoms with van der Waals surface area (Å²) in [5.41, 5.74) is 1.23. The predicted molar refractivity (Wildman–Crippen MR) is 97.3 cm³/mol. The molecule has 0 heterocycles. The smallest absolute Gasteiger partial charge is 0.251 e. The zero-order valence-corrected chi connectivity index (χ0v) is 14.9. The van der Waals surface area contributed by atoms with Crippen LogP contribution in [0.5, 0.6) is 5.75 Å². The number of benzene rings is 2. The molecular formula is C18H19BrN2O3. The molecule has 0 spiro atoms. The minimum Gasteiger partial charge on any atom is -0.494 e. The van der Waals surface area contributed by atoms with E-state index in [1.165, 1.54) is 0 Å². The van der Waals surface area contributed by atoms with Crippen molar-refractivity contribution in [1.29, 1.82) is 0 Å². The molecule has 0 aliphatic heterocycles. The number of ether oxygens (including phenoxy) is 1. The number of halogens is 1. The van der Waals surface area contributed by atoms with Crippen LogP contribution in [0.2, 0.25) is 0 Å². The van der Waals surface area contributed by atoms with Gasteiger partial charge < -0.3 is 15.4 Å². The standard InChI is InChI=1S/C18H19BrN2O3/c1-2-24-16-5-3-4-15(12-16)21-17(22)10-11-20-18(23)13-6-8-14(19)9-7-13/h3-9,12H,2,10-11H2,1H3,(H,20,23)(H,21,22). The van der Waals surface area contributed by atoms with Crippen LogP contribution < -0.4 is 15.4 Å². The molecule has 0 fully saturated rings. The molecule has 0 unspecified atom stereocenters. The first-order chi connectivity index (χ1) is 11.6. The van der Waals surface area contributed by atoms with Gasteiger partial charge in [-0.05, 0) is 43.3 Å². The molecule has 0 saturated carbocycles. The summed E-state index contributed by atoms with van der Waals surface area (Å²) in [5, 5.41) is 5.51. The third-order valence-corrected chi connectivity index (χ3v) is 3.70. The summed E-state index contributed by atoms with van der Waals surface area (Å²) in [7, 11) is 0. The van der Waals surface area contributed by atoms with E-state index in [4.69, 9.17) is 4.74 Å². The molecule has 0 bridgehead atoms. The van der Waals surface area contributed by atoms with E-state index in [1.807, 2.05) is 19.1 Å². The Morgan fingerprint density at radius 1 is 1.12 bits per heavy atom. The average Bonchev–Trinajstić information content (AvgIpc) is 2.56. The number of rotatable bonds is 7. The molecule has 0 aromatic heterocycles. The van der Waals surface area contributed by atoms with Gasteiger partial charge in [0.05, 0.1) is 6.61 Å². The molecule has 0 atom stereocenters. The molecule has 6 heteroatoms. The van der Waals surface area contributed by atoms with E-state index in [-0.39, 0.29) is 24.8 Å². The monoisotopic (exact) mass is 390 g/mol. The molecule has 0 saturated heterocycles. The highest BCUT2D eigenvalue weighted by Crippen LogP contribution is 2.17. The lowest BCUT2D eigenvalue weighted by molar-refractivity contribution is -0.116. The Balaban J connectivity index is 1.78. The van der Waals surface area contributed by atoms with Crippen molar-refractivity contribution in [2.45, 2.75) is 13.3 Å². The van der Waals surface area contributed by atoms with Crippen molar-refractivity contribution in [2.75, 3.05) is 18.5 Å². The molecule has 0 aliphatic rings. The molecule has 0 radical (unpaired) electrons. The minimum atomic E-state index is -0.200. The molecule has 2 aromatic carbocycles. The number of hydrogen-bond acceptors (Lipinski definition) is 3. The van der Waals surface area contributed by atoms with Crippen molar-refractivity contribution < 1.29 is 14.3 Å². The van der Waals surface area contributed by atoms with Crippen LogP contribution in [-0.2, 0) is 4.79 Å². The summed E-state index contributed by atoms with van der Waals surface area (Å²) in [6, 6.07) is 14.2. The summed E-state index contributed by atoms with van der Waals surface area (Å²) >= 11 is 3.32. The van der Waals surface area contributed by atoms with E-state index in [2.05, 4.69) is 26.6 Å². The van der Waals surface area contributed by atoms with Crippen LogP contribution in [0.25, 0.3) is 0 Å².